The van der Waals surface area contributed by atoms with Crippen molar-refractivity contribution in [1.29, 1.82) is 0 Å². The van der Waals surface area contributed by atoms with Gasteiger partial charge in [0, 0.05) is 30.6 Å². The first-order valence-corrected chi connectivity index (χ1v) is 7.58. The van der Waals surface area contributed by atoms with Gasteiger partial charge in [0.15, 0.2) is 0 Å². The summed E-state index contributed by atoms with van der Waals surface area (Å²) in [6, 6.07) is 4.49. The van der Waals surface area contributed by atoms with Gasteiger partial charge in [0.05, 0.1) is 17.4 Å². The molecule has 3 N–H and O–H groups in total. The first kappa shape index (κ1) is 18.5. The Bertz CT molecular complexity index is 841. The van der Waals surface area contributed by atoms with Crippen LogP contribution in [0.3, 0.4) is 0 Å². The zero-order chi connectivity index (χ0) is 18.6. The molecular formula is C17H18F2N4O2. The van der Waals surface area contributed by atoms with Crippen LogP contribution in [0.2, 0.25) is 0 Å². The molecule has 0 aliphatic carbocycles. The highest BCUT2D eigenvalue weighted by Gasteiger charge is 2.22. The number of aliphatic hydroxyl groups is 1. The van der Waals surface area contributed by atoms with E-state index in [4.69, 9.17) is 5.73 Å². The van der Waals surface area contributed by atoms with Crippen LogP contribution in [0, 0.1) is 11.8 Å². The number of hydrogen-bond donors (Lipinski definition) is 2. The van der Waals surface area contributed by atoms with Crippen LogP contribution in [0.5, 0.6) is 0 Å². The molecule has 0 aliphatic heterocycles. The highest BCUT2D eigenvalue weighted by Crippen LogP contribution is 2.25. The molecule has 0 saturated carbocycles. The van der Waals surface area contributed by atoms with E-state index in [-0.39, 0.29) is 22.5 Å². The van der Waals surface area contributed by atoms with Crippen LogP contribution in [0.1, 0.15) is 36.0 Å². The van der Waals surface area contributed by atoms with Crippen LogP contribution >= 0.6 is 0 Å². The topological polar surface area (TPSA) is 93.5 Å². The number of nitrogens with zero attached hydrogens (tertiary/aromatic N) is 3. The molecule has 1 unspecified atom stereocenters. The number of carbonyl (C=O) groups is 1. The van der Waals surface area contributed by atoms with Gasteiger partial charge >= 0.3 is 0 Å². The van der Waals surface area contributed by atoms with E-state index in [0.29, 0.717) is 6.54 Å². The van der Waals surface area contributed by atoms with Crippen molar-refractivity contribution < 1.29 is 18.7 Å². The van der Waals surface area contributed by atoms with Gasteiger partial charge in [-0.1, -0.05) is 0 Å². The van der Waals surface area contributed by atoms with E-state index >= 15 is 0 Å². The van der Waals surface area contributed by atoms with E-state index in [9.17, 15) is 18.7 Å². The second-order valence-electron chi connectivity index (χ2n) is 5.22. The number of Topliss-reactive ketones (excluding diaryl/α,β-unsaturated/α-hetero) is 1. The Balaban J connectivity index is 2.60. The summed E-state index contributed by atoms with van der Waals surface area (Å²) in [5.74, 6) is -2.07. The summed E-state index contributed by atoms with van der Waals surface area (Å²) in [4.78, 5) is 16.6. The number of aliphatic imine (C=N–C) groups is 1. The minimum Gasteiger partial charge on any atom is -0.404 e. The van der Waals surface area contributed by atoms with Gasteiger partial charge in [-0.15, -0.1) is 5.10 Å². The molecule has 1 aromatic carbocycles. The van der Waals surface area contributed by atoms with Crippen molar-refractivity contribution >= 4 is 12.0 Å². The highest BCUT2D eigenvalue weighted by atomic mass is 19.1. The first-order valence-electron chi connectivity index (χ1n) is 7.58. The number of halogens is 2. The predicted octanol–water partition coefficient (Wildman–Crippen LogP) is 2.32. The number of carbonyl (C=O) groups excluding carboxylic acids is 1. The number of allylic oxidation sites excluding steroid dienone is 1. The fraction of sp³-hybridized carbons (Fsp3) is 0.235. The number of ketones is 1. The number of benzene rings is 1. The number of nitrogens with two attached hydrogens (primary N) is 1. The van der Waals surface area contributed by atoms with Crippen LogP contribution in [0.4, 0.5) is 8.78 Å². The minimum atomic E-state index is -1.05. The van der Waals surface area contributed by atoms with E-state index in [2.05, 4.69) is 10.1 Å². The molecule has 2 aromatic rings. The predicted molar refractivity (Wildman–Crippen MR) is 89.7 cm³/mol. The summed E-state index contributed by atoms with van der Waals surface area (Å²) in [6.45, 7) is 3.66. The van der Waals surface area contributed by atoms with Crippen molar-refractivity contribution in [3.63, 3.8) is 0 Å². The van der Waals surface area contributed by atoms with Crippen LogP contribution in [-0.4, -0.2) is 33.4 Å². The van der Waals surface area contributed by atoms with E-state index in [1.807, 2.05) is 0 Å². The smallest absolute Gasteiger partial charge is 0.233 e. The average molecular weight is 348 g/mol. The molecule has 8 heteroatoms. The second-order valence-corrected chi connectivity index (χ2v) is 5.22. The molecule has 0 amide bonds. The van der Waals surface area contributed by atoms with Crippen LogP contribution in [-0.2, 0) is 0 Å². The van der Waals surface area contributed by atoms with E-state index in [1.165, 1.54) is 19.2 Å². The van der Waals surface area contributed by atoms with Gasteiger partial charge in [-0.3, -0.25) is 9.79 Å². The van der Waals surface area contributed by atoms with Gasteiger partial charge in [0.2, 0.25) is 11.7 Å². The largest absolute Gasteiger partial charge is 0.404 e. The van der Waals surface area contributed by atoms with Gasteiger partial charge in [-0.05, 0) is 32.0 Å². The molecular weight excluding hydrogens is 330 g/mol. The van der Waals surface area contributed by atoms with Gasteiger partial charge in [-0.25, -0.2) is 9.07 Å². The lowest BCUT2D eigenvalue weighted by molar-refractivity contribution is 0.103. The van der Waals surface area contributed by atoms with Gasteiger partial charge < -0.3 is 10.8 Å². The Kier molecular flexibility index (Phi) is 5.76. The summed E-state index contributed by atoms with van der Waals surface area (Å²) in [7, 11) is 0. The maximum Gasteiger partial charge on any atom is 0.233 e. The number of rotatable bonds is 6. The molecule has 1 aromatic heterocycles. The van der Waals surface area contributed by atoms with E-state index in [1.54, 1.807) is 6.92 Å². The van der Waals surface area contributed by atoms with Crippen LogP contribution in [0.15, 0.2) is 41.0 Å². The van der Waals surface area contributed by atoms with Crippen molar-refractivity contribution in [2.75, 3.05) is 6.54 Å². The molecule has 0 bridgehead atoms. The molecule has 0 radical (unpaired) electrons. The fourth-order valence-corrected chi connectivity index (χ4v) is 2.27. The molecule has 0 saturated heterocycles. The summed E-state index contributed by atoms with van der Waals surface area (Å²) in [6.07, 6.45) is 1.31. The molecule has 0 aliphatic rings. The lowest BCUT2D eigenvalue weighted by atomic mass is 10.1. The van der Waals surface area contributed by atoms with Gasteiger partial charge in [0.25, 0.3) is 0 Å². The van der Waals surface area contributed by atoms with Crippen molar-refractivity contribution in [2.24, 2.45) is 10.7 Å². The van der Waals surface area contributed by atoms with Gasteiger partial charge in [-0.2, -0.15) is 4.39 Å². The Morgan fingerprint density at radius 1 is 1.44 bits per heavy atom. The third-order valence-electron chi connectivity index (χ3n) is 3.43. The van der Waals surface area contributed by atoms with Crippen LogP contribution < -0.4 is 5.73 Å². The van der Waals surface area contributed by atoms with E-state index < -0.39 is 23.7 Å². The average Bonchev–Trinajstić information content (AvgIpc) is 2.96. The maximum absolute atomic E-state index is 13.8. The number of aliphatic hydroxyl groups excluding tert-OH is 1. The van der Waals surface area contributed by atoms with Crippen molar-refractivity contribution in [1.82, 2.24) is 9.78 Å². The van der Waals surface area contributed by atoms with Gasteiger partial charge in [0.1, 0.15) is 11.5 Å². The molecule has 6 nitrogen and oxygen atoms in total. The number of aromatic nitrogens is 2. The standard InChI is InChI=1S/C17H18F2N4O2/c1-3-21-9-11(8-20)17(25)15-7-16(19)22-23(15)14-5-4-12(18)6-13(14)10(2)24/h4-10,24H,3,20H2,1-2H3. The van der Waals surface area contributed by atoms with Crippen molar-refractivity contribution in [2.45, 2.75) is 20.0 Å². The Morgan fingerprint density at radius 2 is 2.16 bits per heavy atom. The molecule has 1 atom stereocenters. The zero-order valence-electron chi connectivity index (χ0n) is 13.8. The SMILES string of the molecule is CCN=CC(=CN)C(=O)c1cc(F)nn1-c1ccc(F)cc1C(C)O. The summed E-state index contributed by atoms with van der Waals surface area (Å²) in [5, 5.41) is 13.5. The Labute approximate surface area is 143 Å². The fourth-order valence-electron chi connectivity index (χ4n) is 2.27. The van der Waals surface area contributed by atoms with Crippen molar-refractivity contribution in [3.05, 3.63) is 59.1 Å². The summed E-state index contributed by atoms with van der Waals surface area (Å²) < 4.78 is 28.3. The Morgan fingerprint density at radius 3 is 2.76 bits per heavy atom. The molecule has 132 valence electrons. The van der Waals surface area contributed by atoms with Crippen molar-refractivity contribution in [3.8, 4) is 5.69 Å². The lowest BCUT2D eigenvalue weighted by Crippen LogP contribution is -2.15. The third kappa shape index (κ3) is 3.97. The van der Waals surface area contributed by atoms with E-state index in [0.717, 1.165) is 29.1 Å². The molecule has 2 rings (SSSR count). The number of hydrogen-bond acceptors (Lipinski definition) is 5. The maximum atomic E-state index is 13.8. The summed E-state index contributed by atoms with van der Waals surface area (Å²) in [5.41, 5.74) is 5.75. The molecule has 1 heterocycles. The molecule has 25 heavy (non-hydrogen) atoms. The minimum absolute atomic E-state index is 0.0590. The lowest BCUT2D eigenvalue weighted by Gasteiger charge is -2.14. The Hall–Kier alpha value is -2.87. The molecule has 0 fully saturated rings. The summed E-state index contributed by atoms with van der Waals surface area (Å²) >= 11 is 0. The zero-order valence-corrected chi connectivity index (χ0v) is 13.8. The second kappa shape index (κ2) is 7.80. The highest BCUT2D eigenvalue weighted by molar-refractivity contribution is 6.20. The third-order valence-corrected chi connectivity index (χ3v) is 3.43. The normalized spacial score (nSPS) is 13.4. The molecule has 0 spiro atoms. The first-order chi connectivity index (χ1) is 11.9. The monoisotopic (exact) mass is 348 g/mol. The van der Waals surface area contributed by atoms with Crippen LogP contribution in [0.25, 0.3) is 5.69 Å². The quantitative estimate of drug-likeness (QED) is 0.476.